The molecule has 7 nitrogen and oxygen atoms in total. The molecular weight excluding hydrogens is 388 g/mol. The van der Waals surface area contributed by atoms with Crippen LogP contribution in [0, 0.1) is 5.92 Å². The van der Waals surface area contributed by atoms with Crippen molar-refractivity contribution in [3.63, 3.8) is 0 Å². The van der Waals surface area contributed by atoms with Gasteiger partial charge in [-0.05, 0) is 61.1 Å². The third kappa shape index (κ3) is 3.93. The zero-order valence-electron chi connectivity index (χ0n) is 16.2. The van der Waals surface area contributed by atoms with E-state index in [0.29, 0.717) is 17.1 Å². The zero-order chi connectivity index (χ0) is 20.8. The van der Waals surface area contributed by atoms with E-state index in [4.69, 9.17) is 5.73 Å². The number of benzene rings is 2. The molecule has 1 aliphatic rings. The standard InChI is InChI=1S/C21H22N4O3S/c1-12(13-3-4-13)23-19-17-10-7-15(11-18(17)24-25-20(19)21(22)26)14-5-8-16(9-6-14)29(2,27)28/h5-13H,3-4H2,1-2H3,(H2,22,26)(H,23,24)/t12-/m1/s1. The molecule has 8 heteroatoms. The number of hydrogen-bond donors (Lipinski definition) is 2. The molecule has 0 aliphatic heterocycles. The van der Waals surface area contributed by atoms with Gasteiger partial charge < -0.3 is 11.1 Å². The lowest BCUT2D eigenvalue weighted by molar-refractivity contribution is 0.0995. The summed E-state index contributed by atoms with van der Waals surface area (Å²) in [4.78, 5) is 12.1. The first-order valence-corrected chi connectivity index (χ1v) is 11.3. The number of carbonyl (C=O) groups is 1. The van der Waals surface area contributed by atoms with Crippen molar-refractivity contribution in [1.29, 1.82) is 0 Å². The minimum Gasteiger partial charge on any atom is -0.380 e. The second kappa shape index (κ2) is 7.11. The first-order chi connectivity index (χ1) is 13.7. The van der Waals surface area contributed by atoms with Crippen LogP contribution in [0.2, 0.25) is 0 Å². The van der Waals surface area contributed by atoms with E-state index in [2.05, 4.69) is 22.4 Å². The molecule has 1 heterocycles. The van der Waals surface area contributed by atoms with Crippen molar-refractivity contribution in [3.8, 4) is 11.1 Å². The fraction of sp³-hybridized carbons (Fsp3) is 0.286. The van der Waals surface area contributed by atoms with Crippen molar-refractivity contribution in [3.05, 3.63) is 48.2 Å². The topological polar surface area (TPSA) is 115 Å². The Morgan fingerprint density at radius 1 is 1.10 bits per heavy atom. The number of sulfone groups is 1. The number of anilines is 1. The van der Waals surface area contributed by atoms with E-state index in [9.17, 15) is 13.2 Å². The van der Waals surface area contributed by atoms with Gasteiger partial charge in [-0.2, -0.15) is 0 Å². The molecule has 0 radical (unpaired) electrons. The molecule has 1 saturated carbocycles. The highest BCUT2D eigenvalue weighted by Gasteiger charge is 2.29. The second-order valence-corrected chi connectivity index (χ2v) is 9.60. The van der Waals surface area contributed by atoms with Gasteiger partial charge in [-0.3, -0.25) is 4.79 Å². The van der Waals surface area contributed by atoms with Gasteiger partial charge in [0.15, 0.2) is 15.5 Å². The fourth-order valence-electron chi connectivity index (χ4n) is 3.44. The molecule has 1 aliphatic carbocycles. The average molecular weight is 410 g/mol. The molecule has 1 amide bonds. The quantitative estimate of drug-likeness (QED) is 0.645. The summed E-state index contributed by atoms with van der Waals surface area (Å²) in [6, 6.07) is 12.6. The SMILES string of the molecule is C[C@@H](Nc1c(C(N)=O)nnc2cc(-c3ccc(S(C)(=O)=O)cc3)ccc12)C1CC1. The average Bonchev–Trinajstić information content (AvgIpc) is 3.52. The van der Waals surface area contributed by atoms with Crippen LogP contribution in [-0.2, 0) is 9.84 Å². The molecule has 150 valence electrons. The van der Waals surface area contributed by atoms with Crippen LogP contribution in [0.15, 0.2) is 47.4 Å². The summed E-state index contributed by atoms with van der Waals surface area (Å²) in [5.74, 6) is -0.0306. The predicted molar refractivity (Wildman–Crippen MR) is 112 cm³/mol. The maximum absolute atomic E-state index is 11.9. The Balaban J connectivity index is 1.76. The number of nitrogens with two attached hydrogens (primary N) is 1. The van der Waals surface area contributed by atoms with Crippen LogP contribution in [-0.4, -0.2) is 36.8 Å². The highest BCUT2D eigenvalue weighted by Crippen LogP contribution is 2.36. The van der Waals surface area contributed by atoms with Gasteiger partial charge in [0.05, 0.1) is 16.1 Å². The highest BCUT2D eigenvalue weighted by molar-refractivity contribution is 7.90. The summed E-state index contributed by atoms with van der Waals surface area (Å²) in [6.45, 7) is 2.09. The van der Waals surface area contributed by atoms with Crippen LogP contribution in [0.5, 0.6) is 0 Å². The van der Waals surface area contributed by atoms with Crippen molar-refractivity contribution in [2.45, 2.75) is 30.7 Å². The Hall–Kier alpha value is -3.00. The van der Waals surface area contributed by atoms with Crippen molar-refractivity contribution in [2.24, 2.45) is 11.7 Å². The van der Waals surface area contributed by atoms with Crippen molar-refractivity contribution in [2.75, 3.05) is 11.6 Å². The molecule has 1 fully saturated rings. The molecule has 0 spiro atoms. The summed E-state index contributed by atoms with van der Waals surface area (Å²) < 4.78 is 23.3. The number of aromatic nitrogens is 2. The van der Waals surface area contributed by atoms with Gasteiger partial charge in [-0.15, -0.1) is 10.2 Å². The molecule has 2 aromatic carbocycles. The maximum Gasteiger partial charge on any atom is 0.271 e. The van der Waals surface area contributed by atoms with Crippen molar-refractivity contribution in [1.82, 2.24) is 10.2 Å². The van der Waals surface area contributed by atoms with E-state index in [0.717, 1.165) is 16.5 Å². The fourth-order valence-corrected chi connectivity index (χ4v) is 4.07. The molecule has 0 bridgehead atoms. The van der Waals surface area contributed by atoms with Crippen LogP contribution in [0.3, 0.4) is 0 Å². The Labute approximate surface area is 169 Å². The molecule has 3 N–H and O–H groups in total. The molecule has 3 aromatic rings. The number of primary amides is 1. The lowest BCUT2D eigenvalue weighted by Gasteiger charge is -2.18. The smallest absolute Gasteiger partial charge is 0.271 e. The minimum atomic E-state index is -3.24. The Morgan fingerprint density at radius 2 is 1.76 bits per heavy atom. The minimum absolute atomic E-state index is 0.134. The third-order valence-corrected chi connectivity index (χ3v) is 6.44. The Bertz CT molecular complexity index is 1200. The van der Waals surface area contributed by atoms with E-state index in [1.54, 1.807) is 24.3 Å². The van der Waals surface area contributed by atoms with Crippen LogP contribution >= 0.6 is 0 Å². The zero-order valence-corrected chi connectivity index (χ0v) is 17.0. The summed E-state index contributed by atoms with van der Waals surface area (Å²) in [5, 5.41) is 12.4. The summed E-state index contributed by atoms with van der Waals surface area (Å²) >= 11 is 0. The van der Waals surface area contributed by atoms with Crippen LogP contribution in [0.4, 0.5) is 5.69 Å². The Morgan fingerprint density at radius 3 is 2.34 bits per heavy atom. The monoisotopic (exact) mass is 410 g/mol. The van der Waals surface area contributed by atoms with Gasteiger partial charge in [-0.1, -0.05) is 18.2 Å². The van der Waals surface area contributed by atoms with E-state index >= 15 is 0 Å². The second-order valence-electron chi connectivity index (χ2n) is 7.59. The number of hydrogen-bond acceptors (Lipinski definition) is 6. The van der Waals surface area contributed by atoms with E-state index in [1.165, 1.54) is 19.1 Å². The predicted octanol–water partition coefficient (Wildman–Crippen LogP) is 3.01. The largest absolute Gasteiger partial charge is 0.380 e. The van der Waals surface area contributed by atoms with Gasteiger partial charge in [0.2, 0.25) is 0 Å². The normalized spacial score (nSPS) is 15.2. The molecular formula is C21H22N4O3S. The first-order valence-electron chi connectivity index (χ1n) is 9.41. The van der Waals surface area contributed by atoms with Gasteiger partial charge in [0, 0.05) is 17.7 Å². The highest BCUT2D eigenvalue weighted by atomic mass is 32.2. The summed E-state index contributed by atoms with van der Waals surface area (Å²) in [5.41, 5.74) is 8.63. The number of amides is 1. The molecule has 1 aromatic heterocycles. The van der Waals surface area contributed by atoms with Crippen molar-refractivity contribution >= 4 is 32.3 Å². The van der Waals surface area contributed by atoms with Gasteiger partial charge in [0.25, 0.3) is 5.91 Å². The number of rotatable bonds is 6. The molecule has 1 atom stereocenters. The molecule has 4 rings (SSSR count). The lowest BCUT2D eigenvalue weighted by atomic mass is 10.0. The maximum atomic E-state index is 11.9. The summed E-state index contributed by atoms with van der Waals surface area (Å²) in [7, 11) is -3.24. The first kappa shape index (κ1) is 19.3. The van der Waals surface area contributed by atoms with Gasteiger partial charge in [-0.25, -0.2) is 8.42 Å². The molecule has 0 saturated heterocycles. The molecule has 29 heavy (non-hydrogen) atoms. The van der Waals surface area contributed by atoms with Crippen LogP contribution < -0.4 is 11.1 Å². The lowest BCUT2D eigenvalue weighted by Crippen LogP contribution is -2.23. The number of nitrogens with one attached hydrogen (secondary N) is 1. The van der Waals surface area contributed by atoms with Gasteiger partial charge in [0.1, 0.15) is 0 Å². The van der Waals surface area contributed by atoms with E-state index in [-0.39, 0.29) is 16.6 Å². The Kier molecular flexibility index (Phi) is 4.74. The van der Waals surface area contributed by atoms with Gasteiger partial charge >= 0.3 is 0 Å². The van der Waals surface area contributed by atoms with E-state index in [1.807, 2.05) is 18.2 Å². The van der Waals surface area contributed by atoms with Crippen LogP contribution in [0.25, 0.3) is 22.0 Å². The third-order valence-electron chi connectivity index (χ3n) is 5.31. The van der Waals surface area contributed by atoms with Crippen LogP contribution in [0.1, 0.15) is 30.3 Å². The number of carbonyl (C=O) groups excluding carboxylic acids is 1. The molecule has 0 unspecified atom stereocenters. The van der Waals surface area contributed by atoms with Crippen molar-refractivity contribution < 1.29 is 13.2 Å². The number of fused-ring (bicyclic) bond motifs is 1. The summed E-state index contributed by atoms with van der Waals surface area (Å²) in [6.07, 6.45) is 3.52. The number of nitrogens with zero attached hydrogens (tertiary/aromatic N) is 2. The van der Waals surface area contributed by atoms with E-state index < -0.39 is 15.7 Å².